The van der Waals surface area contributed by atoms with E-state index in [-0.39, 0.29) is 17.4 Å². The third kappa shape index (κ3) is 3.77. The van der Waals surface area contributed by atoms with Crippen molar-refractivity contribution in [1.29, 1.82) is 0 Å². The molecule has 0 saturated carbocycles. The van der Waals surface area contributed by atoms with Crippen molar-refractivity contribution >= 4 is 5.91 Å². The molecule has 0 aliphatic heterocycles. The highest BCUT2D eigenvalue weighted by Gasteiger charge is 2.10. The predicted molar refractivity (Wildman–Crippen MR) is 85.0 cm³/mol. The molecule has 1 aromatic heterocycles. The predicted octanol–water partition coefficient (Wildman–Crippen LogP) is 3.21. The van der Waals surface area contributed by atoms with Gasteiger partial charge in [-0.3, -0.25) is 4.79 Å². The van der Waals surface area contributed by atoms with Crippen LogP contribution in [-0.4, -0.2) is 15.9 Å². The molecule has 0 fully saturated rings. The maximum Gasteiger partial charge on any atom is 0.270 e. The van der Waals surface area contributed by atoms with Crippen LogP contribution in [0, 0.1) is 5.82 Å². The Bertz CT molecular complexity index is 821. The van der Waals surface area contributed by atoms with E-state index in [1.165, 1.54) is 18.5 Å². The van der Waals surface area contributed by atoms with Gasteiger partial charge in [-0.25, -0.2) is 14.4 Å². The molecule has 0 aliphatic rings. The number of rotatable bonds is 4. The fraction of sp³-hybridized carbons (Fsp3) is 0.0556. The standard InChI is InChI=1S/C18H14FN3O/c19-15-8-4-7-14(9-15)16-10-17(22-12-21-16)18(23)20-11-13-5-2-1-3-6-13/h1-10,12H,11H2,(H,20,23). The number of amides is 1. The van der Waals surface area contributed by atoms with Gasteiger partial charge in [-0.1, -0.05) is 42.5 Å². The van der Waals surface area contributed by atoms with Crippen molar-refractivity contribution in [2.45, 2.75) is 6.54 Å². The summed E-state index contributed by atoms with van der Waals surface area (Å²) >= 11 is 0. The maximum absolute atomic E-state index is 13.3. The highest BCUT2D eigenvalue weighted by molar-refractivity contribution is 5.93. The van der Waals surface area contributed by atoms with Gasteiger partial charge in [-0.15, -0.1) is 0 Å². The molecule has 0 bridgehead atoms. The fourth-order valence-electron chi connectivity index (χ4n) is 2.16. The first-order valence-electron chi connectivity index (χ1n) is 7.12. The van der Waals surface area contributed by atoms with E-state index in [0.717, 1.165) is 5.56 Å². The molecule has 23 heavy (non-hydrogen) atoms. The van der Waals surface area contributed by atoms with Gasteiger partial charge in [0.05, 0.1) is 5.69 Å². The van der Waals surface area contributed by atoms with Crippen molar-refractivity contribution in [3.05, 3.63) is 84.1 Å². The van der Waals surface area contributed by atoms with E-state index in [9.17, 15) is 9.18 Å². The number of nitrogens with one attached hydrogen (secondary N) is 1. The van der Waals surface area contributed by atoms with Crippen molar-refractivity contribution in [2.24, 2.45) is 0 Å². The highest BCUT2D eigenvalue weighted by atomic mass is 19.1. The van der Waals surface area contributed by atoms with Crippen LogP contribution in [0.4, 0.5) is 4.39 Å². The van der Waals surface area contributed by atoms with E-state index >= 15 is 0 Å². The molecular weight excluding hydrogens is 293 g/mol. The largest absolute Gasteiger partial charge is 0.347 e. The topological polar surface area (TPSA) is 54.9 Å². The zero-order valence-electron chi connectivity index (χ0n) is 12.2. The highest BCUT2D eigenvalue weighted by Crippen LogP contribution is 2.17. The average Bonchev–Trinajstić information content (AvgIpc) is 2.61. The second-order valence-electron chi connectivity index (χ2n) is 4.97. The van der Waals surface area contributed by atoms with Gasteiger partial charge >= 0.3 is 0 Å². The molecule has 0 unspecified atom stereocenters. The van der Waals surface area contributed by atoms with Crippen molar-refractivity contribution < 1.29 is 9.18 Å². The quantitative estimate of drug-likeness (QED) is 0.805. The molecule has 2 aromatic carbocycles. The number of halogens is 1. The monoisotopic (exact) mass is 307 g/mol. The maximum atomic E-state index is 13.3. The molecule has 0 saturated heterocycles. The van der Waals surface area contributed by atoms with E-state index in [0.29, 0.717) is 17.8 Å². The molecule has 4 nitrogen and oxygen atoms in total. The molecule has 0 aliphatic carbocycles. The minimum Gasteiger partial charge on any atom is -0.347 e. The van der Waals surface area contributed by atoms with Gasteiger partial charge in [0.1, 0.15) is 17.8 Å². The van der Waals surface area contributed by atoms with Crippen molar-refractivity contribution in [1.82, 2.24) is 15.3 Å². The van der Waals surface area contributed by atoms with Gasteiger partial charge in [0.2, 0.25) is 0 Å². The Morgan fingerprint density at radius 2 is 1.83 bits per heavy atom. The summed E-state index contributed by atoms with van der Waals surface area (Å²) in [5.74, 6) is -0.648. The van der Waals surface area contributed by atoms with Gasteiger partial charge in [0.25, 0.3) is 5.91 Å². The van der Waals surface area contributed by atoms with E-state index in [1.807, 2.05) is 30.3 Å². The summed E-state index contributed by atoms with van der Waals surface area (Å²) in [6.07, 6.45) is 1.30. The molecule has 1 amide bonds. The van der Waals surface area contributed by atoms with Crippen LogP contribution < -0.4 is 5.32 Å². The van der Waals surface area contributed by atoms with Crippen LogP contribution in [0.3, 0.4) is 0 Å². The normalized spacial score (nSPS) is 10.3. The molecule has 3 rings (SSSR count). The van der Waals surface area contributed by atoms with Crippen molar-refractivity contribution in [2.75, 3.05) is 0 Å². The first-order chi connectivity index (χ1) is 11.2. The lowest BCUT2D eigenvalue weighted by Gasteiger charge is -2.06. The molecule has 0 atom stereocenters. The zero-order chi connectivity index (χ0) is 16.1. The summed E-state index contributed by atoms with van der Waals surface area (Å²) in [5.41, 5.74) is 2.35. The molecule has 1 N–H and O–H groups in total. The van der Waals surface area contributed by atoms with E-state index < -0.39 is 0 Å². The number of hydrogen-bond donors (Lipinski definition) is 1. The molecule has 5 heteroatoms. The van der Waals surface area contributed by atoms with Crippen LogP contribution in [0.5, 0.6) is 0 Å². The van der Waals surface area contributed by atoms with Crippen LogP contribution in [0.25, 0.3) is 11.3 Å². The minimum absolute atomic E-state index is 0.246. The van der Waals surface area contributed by atoms with Gasteiger partial charge < -0.3 is 5.32 Å². The molecule has 1 heterocycles. The lowest BCUT2D eigenvalue weighted by atomic mass is 10.1. The van der Waals surface area contributed by atoms with Crippen molar-refractivity contribution in [3.8, 4) is 11.3 Å². The number of nitrogens with zero attached hydrogens (tertiary/aromatic N) is 2. The smallest absolute Gasteiger partial charge is 0.270 e. The number of benzene rings is 2. The van der Waals surface area contributed by atoms with Crippen LogP contribution in [0.15, 0.2) is 67.0 Å². The van der Waals surface area contributed by atoms with Gasteiger partial charge in [-0.2, -0.15) is 0 Å². The Labute approximate surface area is 133 Å². The van der Waals surface area contributed by atoms with E-state index in [1.54, 1.807) is 18.2 Å². The third-order valence-electron chi connectivity index (χ3n) is 3.32. The zero-order valence-corrected chi connectivity index (χ0v) is 12.2. The third-order valence-corrected chi connectivity index (χ3v) is 3.32. The van der Waals surface area contributed by atoms with Gasteiger partial charge in [0, 0.05) is 12.1 Å². The summed E-state index contributed by atoms with van der Waals surface area (Å²) in [6, 6.07) is 17.2. The molecule has 0 spiro atoms. The van der Waals surface area contributed by atoms with Crippen LogP contribution in [0.1, 0.15) is 16.1 Å². The molecule has 3 aromatic rings. The SMILES string of the molecule is O=C(NCc1ccccc1)c1cc(-c2cccc(F)c2)ncn1. The van der Waals surface area contributed by atoms with Gasteiger partial charge in [0.15, 0.2) is 0 Å². The average molecular weight is 307 g/mol. The van der Waals surface area contributed by atoms with Crippen LogP contribution in [0.2, 0.25) is 0 Å². The van der Waals surface area contributed by atoms with Gasteiger partial charge in [-0.05, 0) is 23.8 Å². The van der Waals surface area contributed by atoms with Crippen LogP contribution >= 0.6 is 0 Å². The summed E-state index contributed by atoms with van der Waals surface area (Å²) in [5, 5.41) is 2.80. The molecule has 114 valence electrons. The van der Waals surface area contributed by atoms with E-state index in [2.05, 4.69) is 15.3 Å². The van der Waals surface area contributed by atoms with E-state index in [4.69, 9.17) is 0 Å². The first kappa shape index (κ1) is 14.8. The Morgan fingerprint density at radius 1 is 1.00 bits per heavy atom. The summed E-state index contributed by atoms with van der Waals surface area (Å²) in [7, 11) is 0. The summed E-state index contributed by atoms with van der Waals surface area (Å²) < 4.78 is 13.3. The lowest BCUT2D eigenvalue weighted by molar-refractivity contribution is 0.0946. The van der Waals surface area contributed by atoms with Crippen LogP contribution in [-0.2, 0) is 6.54 Å². The Hall–Kier alpha value is -3.08. The van der Waals surface area contributed by atoms with Crippen molar-refractivity contribution in [3.63, 3.8) is 0 Å². The number of carbonyl (C=O) groups is 1. The fourth-order valence-corrected chi connectivity index (χ4v) is 2.16. The second kappa shape index (κ2) is 6.79. The Morgan fingerprint density at radius 3 is 2.61 bits per heavy atom. The second-order valence-corrected chi connectivity index (χ2v) is 4.97. The minimum atomic E-state index is -0.351. The molecule has 0 radical (unpaired) electrons. The summed E-state index contributed by atoms with van der Waals surface area (Å²) in [4.78, 5) is 20.3. The molecular formula is C18H14FN3O. The number of hydrogen-bond acceptors (Lipinski definition) is 3. The Balaban J connectivity index is 1.75. The Kier molecular flexibility index (Phi) is 4.38. The summed E-state index contributed by atoms with van der Waals surface area (Å²) in [6.45, 7) is 0.416. The lowest BCUT2D eigenvalue weighted by Crippen LogP contribution is -2.23. The first-order valence-corrected chi connectivity index (χ1v) is 7.12. The number of aromatic nitrogens is 2. The number of carbonyl (C=O) groups excluding carboxylic acids is 1.